The van der Waals surface area contributed by atoms with Crippen LogP contribution in [0, 0.1) is 11.7 Å². The molecule has 1 unspecified atom stereocenters. The fourth-order valence-electron chi connectivity index (χ4n) is 3.45. The molecule has 2 bridgehead atoms. The van der Waals surface area contributed by atoms with Crippen molar-refractivity contribution in [2.75, 3.05) is 18.8 Å². The Kier molecular flexibility index (Phi) is 7.42. The number of rotatable bonds is 2. The average molecular weight is 452 g/mol. The van der Waals surface area contributed by atoms with Crippen molar-refractivity contribution in [3.8, 4) is 5.75 Å². The number of pyridine rings is 1. The summed E-state index contributed by atoms with van der Waals surface area (Å²) in [6, 6.07) is 6.12. The Bertz CT molecular complexity index is 1150. The van der Waals surface area contributed by atoms with Crippen LogP contribution in [0.2, 0.25) is 0 Å². The maximum Gasteiger partial charge on any atom is 0.166 e. The van der Waals surface area contributed by atoms with E-state index in [1.54, 1.807) is 32.2 Å². The molecular formula is C24H30FN7O. The molecule has 1 aliphatic rings. The summed E-state index contributed by atoms with van der Waals surface area (Å²) in [5, 5.41) is 0. The normalized spacial score (nSPS) is 19.5. The summed E-state index contributed by atoms with van der Waals surface area (Å²) in [6.45, 7) is 8.53. The number of nitrogen functional groups attached to an aromatic ring is 1. The number of fused-ring (bicyclic) bond motifs is 3. The van der Waals surface area contributed by atoms with Crippen molar-refractivity contribution in [2.45, 2.75) is 33.8 Å². The first kappa shape index (κ1) is 23.9. The number of benzene rings is 1. The number of hydrogen-bond donors (Lipinski definition) is 3. The van der Waals surface area contributed by atoms with Gasteiger partial charge < -0.3 is 21.9 Å². The SMILES string of the molecule is CC(N)=C1CN=C(N=CN)c2ccc(F)cc2C(C)Oc2cc(cnc2N)C1=NCC(C)C. The summed E-state index contributed by atoms with van der Waals surface area (Å²) in [7, 11) is 0. The smallest absolute Gasteiger partial charge is 0.166 e. The van der Waals surface area contributed by atoms with E-state index in [0.717, 1.165) is 11.9 Å². The van der Waals surface area contributed by atoms with Crippen LogP contribution in [0.15, 0.2) is 56.7 Å². The van der Waals surface area contributed by atoms with Gasteiger partial charge in [-0.2, -0.15) is 0 Å². The molecule has 9 heteroatoms. The number of aromatic nitrogens is 1. The minimum Gasteiger partial charge on any atom is -0.482 e. The minimum absolute atomic E-state index is 0.192. The van der Waals surface area contributed by atoms with Gasteiger partial charge in [-0.15, -0.1) is 0 Å². The van der Waals surface area contributed by atoms with E-state index in [2.05, 4.69) is 28.8 Å². The highest BCUT2D eigenvalue weighted by Gasteiger charge is 2.22. The van der Waals surface area contributed by atoms with Crippen LogP contribution in [0.3, 0.4) is 0 Å². The summed E-state index contributed by atoms with van der Waals surface area (Å²) in [6.07, 6.45) is 2.21. The molecule has 0 spiro atoms. The Balaban J connectivity index is 2.31. The van der Waals surface area contributed by atoms with E-state index in [4.69, 9.17) is 26.9 Å². The van der Waals surface area contributed by atoms with Crippen LogP contribution in [-0.4, -0.2) is 36.0 Å². The second-order valence-corrected chi connectivity index (χ2v) is 8.26. The summed E-state index contributed by atoms with van der Waals surface area (Å²) in [5.41, 5.74) is 21.8. The molecule has 0 radical (unpaired) electrons. The second kappa shape index (κ2) is 10.2. The molecular weight excluding hydrogens is 421 g/mol. The second-order valence-electron chi connectivity index (χ2n) is 8.26. The lowest BCUT2D eigenvalue weighted by Gasteiger charge is -2.21. The first-order chi connectivity index (χ1) is 15.7. The van der Waals surface area contributed by atoms with Gasteiger partial charge in [0.2, 0.25) is 0 Å². The third-order valence-electron chi connectivity index (χ3n) is 5.11. The molecule has 0 saturated carbocycles. The van der Waals surface area contributed by atoms with E-state index in [1.807, 2.05) is 0 Å². The van der Waals surface area contributed by atoms with Crippen molar-refractivity contribution in [1.82, 2.24) is 4.98 Å². The zero-order valence-corrected chi connectivity index (χ0v) is 19.3. The number of halogens is 1. The predicted octanol–water partition coefficient (Wildman–Crippen LogP) is 3.37. The van der Waals surface area contributed by atoms with Gasteiger partial charge in [0.1, 0.15) is 11.9 Å². The van der Waals surface area contributed by atoms with E-state index >= 15 is 0 Å². The van der Waals surface area contributed by atoms with Crippen LogP contribution < -0.4 is 21.9 Å². The number of nitrogens with two attached hydrogens (primary N) is 3. The van der Waals surface area contributed by atoms with Gasteiger partial charge in [-0.3, -0.25) is 9.98 Å². The van der Waals surface area contributed by atoms with Gasteiger partial charge in [-0.25, -0.2) is 14.4 Å². The molecule has 33 heavy (non-hydrogen) atoms. The molecule has 1 aliphatic heterocycles. The van der Waals surface area contributed by atoms with Crippen LogP contribution in [0.1, 0.15) is 50.5 Å². The molecule has 1 aromatic carbocycles. The van der Waals surface area contributed by atoms with Gasteiger partial charge in [0.15, 0.2) is 17.4 Å². The topological polar surface area (TPSA) is 137 Å². The molecule has 1 aromatic heterocycles. The predicted molar refractivity (Wildman–Crippen MR) is 131 cm³/mol. The molecule has 0 amide bonds. The van der Waals surface area contributed by atoms with Crippen LogP contribution in [0.25, 0.3) is 0 Å². The molecule has 8 nitrogen and oxygen atoms in total. The highest BCUT2D eigenvalue weighted by Crippen LogP contribution is 2.31. The van der Waals surface area contributed by atoms with Crippen molar-refractivity contribution < 1.29 is 9.13 Å². The van der Waals surface area contributed by atoms with Crippen LogP contribution in [-0.2, 0) is 0 Å². The lowest BCUT2D eigenvalue weighted by Crippen LogP contribution is -2.19. The van der Waals surface area contributed by atoms with E-state index < -0.39 is 11.9 Å². The van der Waals surface area contributed by atoms with Gasteiger partial charge in [-0.05, 0) is 44.0 Å². The molecule has 2 aromatic rings. The Hall–Kier alpha value is -3.75. The van der Waals surface area contributed by atoms with Crippen molar-refractivity contribution in [1.29, 1.82) is 0 Å². The van der Waals surface area contributed by atoms with Crippen molar-refractivity contribution >= 4 is 23.7 Å². The summed E-state index contributed by atoms with van der Waals surface area (Å²) in [5.74, 6) is 0.836. The van der Waals surface area contributed by atoms with Gasteiger partial charge in [0, 0.05) is 40.7 Å². The van der Waals surface area contributed by atoms with Crippen molar-refractivity contribution in [2.24, 2.45) is 32.4 Å². The molecule has 0 aliphatic carbocycles. The lowest BCUT2D eigenvalue weighted by atomic mass is 9.99. The van der Waals surface area contributed by atoms with Crippen LogP contribution in [0.5, 0.6) is 5.75 Å². The Morgan fingerprint density at radius 3 is 2.76 bits per heavy atom. The molecule has 2 heterocycles. The third kappa shape index (κ3) is 5.54. The van der Waals surface area contributed by atoms with Gasteiger partial charge in [0.25, 0.3) is 0 Å². The molecule has 174 valence electrons. The van der Waals surface area contributed by atoms with Gasteiger partial charge in [-0.1, -0.05) is 13.8 Å². The Morgan fingerprint density at radius 1 is 1.33 bits per heavy atom. The van der Waals surface area contributed by atoms with E-state index in [1.165, 1.54) is 12.1 Å². The van der Waals surface area contributed by atoms with Crippen molar-refractivity contribution in [3.05, 3.63) is 64.2 Å². The zero-order chi connectivity index (χ0) is 24.1. The maximum atomic E-state index is 14.2. The zero-order valence-electron chi connectivity index (χ0n) is 19.3. The van der Waals surface area contributed by atoms with Crippen LogP contribution >= 0.6 is 0 Å². The average Bonchev–Trinajstić information content (AvgIpc) is 2.75. The van der Waals surface area contributed by atoms with Gasteiger partial charge >= 0.3 is 0 Å². The van der Waals surface area contributed by atoms with E-state index in [9.17, 15) is 4.39 Å². The quantitative estimate of drug-likeness (QED) is 0.475. The highest BCUT2D eigenvalue weighted by atomic mass is 19.1. The van der Waals surface area contributed by atoms with Gasteiger partial charge in [0.05, 0.1) is 18.6 Å². The Morgan fingerprint density at radius 2 is 2.09 bits per heavy atom. The monoisotopic (exact) mass is 451 g/mol. The van der Waals surface area contributed by atoms with E-state index in [0.29, 0.717) is 52.1 Å². The molecule has 3 rings (SSSR count). The maximum absolute atomic E-state index is 14.2. The fraction of sp³-hybridized carbons (Fsp3) is 0.333. The number of allylic oxidation sites excluding steroid dienone is 1. The molecule has 1 atom stereocenters. The van der Waals surface area contributed by atoms with E-state index in [-0.39, 0.29) is 12.4 Å². The van der Waals surface area contributed by atoms with Crippen LogP contribution in [0.4, 0.5) is 10.2 Å². The number of hydrogen-bond acceptors (Lipinski definition) is 7. The molecule has 6 N–H and O–H groups in total. The molecule has 0 saturated heterocycles. The number of amidine groups is 1. The fourth-order valence-corrected chi connectivity index (χ4v) is 3.45. The minimum atomic E-state index is -0.574. The highest BCUT2D eigenvalue weighted by molar-refractivity contribution is 6.14. The van der Waals surface area contributed by atoms with Crippen molar-refractivity contribution in [3.63, 3.8) is 0 Å². The summed E-state index contributed by atoms with van der Waals surface area (Å²) < 4.78 is 20.3. The third-order valence-corrected chi connectivity index (χ3v) is 5.11. The summed E-state index contributed by atoms with van der Waals surface area (Å²) >= 11 is 0. The molecule has 0 fully saturated rings. The Labute approximate surface area is 193 Å². The number of aliphatic imine (C=N–C) groups is 3. The first-order valence-corrected chi connectivity index (χ1v) is 10.7. The first-order valence-electron chi connectivity index (χ1n) is 10.7. The number of anilines is 1. The standard InChI is InChI=1S/C24H30FN7O/c1-13(2)9-29-22-16-7-21(23(28)30-10-16)33-15(4)19-8-17(25)5-6-18(19)24(32-12-26)31-11-20(22)14(3)27/h5-8,10,12-13,15H,9,11,27H2,1-4H3,(H2,28,30)(H2,26,31,32). The largest absolute Gasteiger partial charge is 0.482 e. The number of ether oxygens (including phenoxy) is 1. The lowest BCUT2D eigenvalue weighted by molar-refractivity contribution is 0.227. The number of nitrogens with zero attached hydrogens (tertiary/aromatic N) is 4. The summed E-state index contributed by atoms with van der Waals surface area (Å²) in [4.78, 5) is 18.1.